The van der Waals surface area contributed by atoms with Crippen LogP contribution < -0.4 is 5.32 Å². The molecule has 1 fully saturated rings. The molecule has 1 saturated heterocycles. The minimum Gasteiger partial charge on any atom is -0.312 e. The fourth-order valence-electron chi connectivity index (χ4n) is 3.07. The van der Waals surface area contributed by atoms with Gasteiger partial charge in [0.25, 0.3) is 0 Å². The molecule has 0 aliphatic carbocycles. The zero-order chi connectivity index (χ0) is 13.9. The van der Waals surface area contributed by atoms with Crippen LogP contribution in [0, 0.1) is 6.92 Å². The van der Waals surface area contributed by atoms with E-state index in [1.54, 1.807) is 0 Å². The highest BCUT2D eigenvalue weighted by Crippen LogP contribution is 2.22. The van der Waals surface area contributed by atoms with Crippen molar-refractivity contribution in [2.75, 3.05) is 20.1 Å². The molecular weight excluding hydrogens is 232 g/mol. The Morgan fingerprint density at radius 3 is 2.84 bits per heavy atom. The molecule has 0 aromatic heterocycles. The second kappa shape index (κ2) is 6.06. The molecule has 0 bridgehead atoms. The van der Waals surface area contributed by atoms with Crippen molar-refractivity contribution in [3.8, 4) is 0 Å². The fraction of sp³-hybridized carbons (Fsp3) is 0.647. The van der Waals surface area contributed by atoms with Crippen molar-refractivity contribution in [3.63, 3.8) is 0 Å². The third-order valence-electron chi connectivity index (χ3n) is 4.29. The number of nitrogens with zero attached hydrogens (tertiary/aromatic N) is 1. The van der Waals surface area contributed by atoms with E-state index < -0.39 is 0 Å². The van der Waals surface area contributed by atoms with Crippen LogP contribution in [0.3, 0.4) is 0 Å². The van der Waals surface area contributed by atoms with Gasteiger partial charge in [0.2, 0.25) is 0 Å². The minimum absolute atomic E-state index is 0.292. The van der Waals surface area contributed by atoms with Crippen LogP contribution in [0.5, 0.6) is 0 Å². The summed E-state index contributed by atoms with van der Waals surface area (Å²) in [4.78, 5) is 2.55. The van der Waals surface area contributed by atoms with E-state index in [2.05, 4.69) is 62.3 Å². The van der Waals surface area contributed by atoms with Gasteiger partial charge in [-0.1, -0.05) is 29.8 Å². The number of benzene rings is 1. The third kappa shape index (κ3) is 4.32. The van der Waals surface area contributed by atoms with Crippen LogP contribution >= 0.6 is 0 Å². The molecule has 19 heavy (non-hydrogen) atoms. The van der Waals surface area contributed by atoms with E-state index in [0.717, 1.165) is 25.6 Å². The normalized spacial score (nSPS) is 22.7. The molecule has 1 atom stereocenters. The molecule has 0 radical (unpaired) electrons. The second-order valence-corrected chi connectivity index (χ2v) is 6.68. The maximum absolute atomic E-state index is 3.60. The second-order valence-electron chi connectivity index (χ2n) is 6.68. The molecular formula is C17H28N2. The van der Waals surface area contributed by atoms with Crippen LogP contribution in [0.4, 0.5) is 0 Å². The largest absolute Gasteiger partial charge is 0.312 e. The minimum atomic E-state index is 0.292. The predicted octanol–water partition coefficient (Wildman–Crippen LogP) is 3.00. The van der Waals surface area contributed by atoms with Crippen molar-refractivity contribution >= 4 is 0 Å². The number of piperidine rings is 1. The molecule has 0 spiro atoms. The van der Waals surface area contributed by atoms with E-state index in [0.29, 0.717) is 5.54 Å². The number of nitrogens with one attached hydrogen (secondary N) is 1. The lowest BCUT2D eigenvalue weighted by Crippen LogP contribution is -2.52. The Morgan fingerprint density at radius 2 is 2.16 bits per heavy atom. The Morgan fingerprint density at radius 1 is 1.37 bits per heavy atom. The Bertz CT molecular complexity index is 411. The molecule has 1 unspecified atom stereocenters. The van der Waals surface area contributed by atoms with Crippen LogP contribution in [0.1, 0.15) is 37.8 Å². The number of hydrogen-bond acceptors (Lipinski definition) is 2. The van der Waals surface area contributed by atoms with Crippen LogP contribution in [0.15, 0.2) is 24.3 Å². The maximum atomic E-state index is 3.60. The van der Waals surface area contributed by atoms with E-state index in [1.807, 2.05) is 0 Å². The lowest BCUT2D eigenvalue weighted by Gasteiger charge is -2.40. The predicted molar refractivity (Wildman–Crippen MR) is 82.6 cm³/mol. The summed E-state index contributed by atoms with van der Waals surface area (Å²) in [6.45, 7) is 9.10. The van der Waals surface area contributed by atoms with E-state index in [-0.39, 0.29) is 0 Å². The summed E-state index contributed by atoms with van der Waals surface area (Å²) in [7, 11) is 2.28. The topological polar surface area (TPSA) is 15.3 Å². The fourth-order valence-corrected chi connectivity index (χ4v) is 3.07. The SMILES string of the molecule is Cc1cccc(CCN(C)C2CCNC(C)(C)C2)c1. The van der Waals surface area contributed by atoms with Crippen molar-refractivity contribution in [3.05, 3.63) is 35.4 Å². The van der Waals surface area contributed by atoms with Gasteiger partial charge in [-0.05, 0) is 59.2 Å². The van der Waals surface area contributed by atoms with E-state index >= 15 is 0 Å². The highest BCUT2D eigenvalue weighted by molar-refractivity contribution is 5.22. The lowest BCUT2D eigenvalue weighted by atomic mass is 9.88. The number of rotatable bonds is 4. The molecule has 1 heterocycles. The highest BCUT2D eigenvalue weighted by atomic mass is 15.1. The van der Waals surface area contributed by atoms with Crippen molar-refractivity contribution in [2.24, 2.45) is 0 Å². The molecule has 2 nitrogen and oxygen atoms in total. The number of aryl methyl sites for hydroxylation is 1. The quantitative estimate of drug-likeness (QED) is 0.895. The van der Waals surface area contributed by atoms with Gasteiger partial charge in [0.1, 0.15) is 0 Å². The highest BCUT2D eigenvalue weighted by Gasteiger charge is 2.29. The zero-order valence-electron chi connectivity index (χ0n) is 12.9. The smallest absolute Gasteiger partial charge is 0.0140 e. The molecule has 0 saturated carbocycles. The van der Waals surface area contributed by atoms with Crippen molar-refractivity contribution in [1.82, 2.24) is 10.2 Å². The van der Waals surface area contributed by atoms with Gasteiger partial charge in [-0.3, -0.25) is 0 Å². The van der Waals surface area contributed by atoms with Gasteiger partial charge in [-0.25, -0.2) is 0 Å². The molecule has 1 aliphatic heterocycles. The molecule has 0 amide bonds. The lowest BCUT2D eigenvalue weighted by molar-refractivity contribution is 0.145. The number of hydrogen-bond donors (Lipinski definition) is 1. The molecule has 2 rings (SSSR count). The first-order valence-electron chi connectivity index (χ1n) is 7.47. The van der Waals surface area contributed by atoms with Crippen molar-refractivity contribution < 1.29 is 0 Å². The summed E-state index contributed by atoms with van der Waals surface area (Å²) in [6, 6.07) is 9.61. The van der Waals surface area contributed by atoms with Gasteiger partial charge in [0.05, 0.1) is 0 Å². The van der Waals surface area contributed by atoms with Crippen molar-refractivity contribution in [1.29, 1.82) is 0 Å². The maximum Gasteiger partial charge on any atom is 0.0140 e. The zero-order valence-corrected chi connectivity index (χ0v) is 12.9. The summed E-state index contributed by atoms with van der Waals surface area (Å²) in [5.41, 5.74) is 3.11. The van der Waals surface area contributed by atoms with E-state index in [1.165, 1.54) is 24.0 Å². The van der Waals surface area contributed by atoms with Crippen molar-refractivity contribution in [2.45, 2.75) is 51.6 Å². The van der Waals surface area contributed by atoms with E-state index in [9.17, 15) is 0 Å². The molecule has 106 valence electrons. The first kappa shape index (κ1) is 14.5. The Hall–Kier alpha value is -0.860. The van der Waals surface area contributed by atoms with E-state index in [4.69, 9.17) is 0 Å². The van der Waals surface area contributed by atoms with Gasteiger partial charge in [-0.2, -0.15) is 0 Å². The van der Waals surface area contributed by atoms with Gasteiger partial charge in [0, 0.05) is 18.1 Å². The Labute approximate surface area is 118 Å². The molecule has 1 aliphatic rings. The third-order valence-corrected chi connectivity index (χ3v) is 4.29. The summed E-state index contributed by atoms with van der Waals surface area (Å²) in [5, 5.41) is 3.60. The van der Waals surface area contributed by atoms with Gasteiger partial charge in [0.15, 0.2) is 0 Å². The summed E-state index contributed by atoms with van der Waals surface area (Å²) >= 11 is 0. The van der Waals surface area contributed by atoms with Gasteiger partial charge < -0.3 is 10.2 Å². The van der Waals surface area contributed by atoms with Gasteiger partial charge >= 0.3 is 0 Å². The number of likely N-dealkylation sites (N-methyl/N-ethyl adjacent to an activating group) is 1. The Kier molecular flexibility index (Phi) is 4.64. The van der Waals surface area contributed by atoms with Crippen LogP contribution in [-0.2, 0) is 6.42 Å². The van der Waals surface area contributed by atoms with Crippen LogP contribution in [0.25, 0.3) is 0 Å². The summed E-state index contributed by atoms with van der Waals surface area (Å²) in [5.74, 6) is 0. The van der Waals surface area contributed by atoms with Crippen LogP contribution in [0.2, 0.25) is 0 Å². The Balaban J connectivity index is 1.85. The molecule has 1 aromatic carbocycles. The monoisotopic (exact) mass is 260 g/mol. The van der Waals surface area contributed by atoms with Crippen LogP contribution in [-0.4, -0.2) is 36.6 Å². The van der Waals surface area contributed by atoms with Gasteiger partial charge in [-0.15, -0.1) is 0 Å². The first-order chi connectivity index (χ1) is 8.96. The molecule has 2 heteroatoms. The average Bonchev–Trinajstić information content (AvgIpc) is 2.35. The standard InChI is InChI=1S/C17H28N2/c1-14-6-5-7-15(12-14)9-11-19(4)16-8-10-18-17(2,3)13-16/h5-7,12,16,18H,8-11,13H2,1-4H3. The first-order valence-corrected chi connectivity index (χ1v) is 7.47. The molecule has 1 N–H and O–H groups in total. The molecule has 1 aromatic rings. The summed E-state index contributed by atoms with van der Waals surface area (Å²) < 4.78 is 0. The summed E-state index contributed by atoms with van der Waals surface area (Å²) in [6.07, 6.45) is 3.67. The average molecular weight is 260 g/mol.